The number of carbonyl (C=O) groups is 1. The van der Waals surface area contributed by atoms with Crippen LogP contribution in [0.4, 0.5) is 5.82 Å². The average Bonchev–Trinajstić information content (AvgIpc) is 2.95. The number of sulfone groups is 1. The number of nitrogens with zero attached hydrogens (tertiary/aromatic N) is 2. The summed E-state index contributed by atoms with van der Waals surface area (Å²) in [7, 11) is -2.96. The SMILES string of the molecule is O=C(Nc1c2c(nn1C1CCS(=O)(=O)C1)CSC2)C1CC1. The van der Waals surface area contributed by atoms with Gasteiger partial charge in [-0.25, -0.2) is 13.1 Å². The fourth-order valence-electron chi connectivity index (χ4n) is 2.96. The van der Waals surface area contributed by atoms with Crippen LogP contribution < -0.4 is 5.32 Å². The fraction of sp³-hybridized carbons (Fsp3) is 0.692. The van der Waals surface area contributed by atoms with Crippen molar-refractivity contribution in [3.05, 3.63) is 11.3 Å². The van der Waals surface area contributed by atoms with Gasteiger partial charge in [-0.05, 0) is 19.3 Å². The minimum absolute atomic E-state index is 0.0525. The molecule has 21 heavy (non-hydrogen) atoms. The van der Waals surface area contributed by atoms with Gasteiger partial charge in [0.2, 0.25) is 5.91 Å². The Balaban J connectivity index is 1.68. The summed E-state index contributed by atoms with van der Waals surface area (Å²) in [5, 5.41) is 7.60. The summed E-state index contributed by atoms with van der Waals surface area (Å²) in [6.45, 7) is 0. The van der Waals surface area contributed by atoms with Gasteiger partial charge < -0.3 is 5.32 Å². The molecule has 6 nitrogen and oxygen atoms in total. The summed E-state index contributed by atoms with van der Waals surface area (Å²) < 4.78 is 25.2. The highest BCUT2D eigenvalue weighted by Crippen LogP contribution is 2.39. The van der Waals surface area contributed by atoms with Gasteiger partial charge in [0.05, 0.1) is 23.2 Å². The Bertz CT molecular complexity index is 706. The highest BCUT2D eigenvalue weighted by molar-refractivity contribution is 7.98. The van der Waals surface area contributed by atoms with Crippen molar-refractivity contribution < 1.29 is 13.2 Å². The second kappa shape index (κ2) is 4.74. The topological polar surface area (TPSA) is 81.1 Å². The van der Waals surface area contributed by atoms with E-state index in [0.29, 0.717) is 6.42 Å². The van der Waals surface area contributed by atoms with Gasteiger partial charge in [-0.1, -0.05) is 0 Å². The molecule has 8 heteroatoms. The molecule has 114 valence electrons. The van der Waals surface area contributed by atoms with E-state index in [9.17, 15) is 13.2 Å². The summed E-state index contributed by atoms with van der Waals surface area (Å²) in [5.41, 5.74) is 2.08. The maximum Gasteiger partial charge on any atom is 0.228 e. The third-order valence-corrected chi connectivity index (χ3v) is 7.04. The highest BCUT2D eigenvalue weighted by atomic mass is 32.2. The molecule has 3 heterocycles. The first-order chi connectivity index (χ1) is 10.0. The van der Waals surface area contributed by atoms with Crippen molar-refractivity contribution in [2.75, 3.05) is 16.8 Å². The van der Waals surface area contributed by atoms with E-state index in [2.05, 4.69) is 10.4 Å². The van der Waals surface area contributed by atoms with Crippen molar-refractivity contribution in [1.29, 1.82) is 0 Å². The Labute approximate surface area is 127 Å². The lowest BCUT2D eigenvalue weighted by Gasteiger charge is -2.15. The fourth-order valence-corrected chi connectivity index (χ4v) is 5.69. The van der Waals surface area contributed by atoms with Gasteiger partial charge in [0.15, 0.2) is 9.84 Å². The van der Waals surface area contributed by atoms with Gasteiger partial charge in [-0.2, -0.15) is 16.9 Å². The van der Waals surface area contributed by atoms with Crippen LogP contribution in [0.15, 0.2) is 0 Å². The molecule has 1 aromatic heterocycles. The first kappa shape index (κ1) is 13.6. The Morgan fingerprint density at radius 3 is 2.76 bits per heavy atom. The van der Waals surface area contributed by atoms with Crippen LogP contribution in [-0.2, 0) is 26.1 Å². The summed E-state index contributed by atoms with van der Waals surface area (Å²) in [5.74, 6) is 2.96. The van der Waals surface area contributed by atoms with E-state index in [-0.39, 0.29) is 29.4 Å². The number of aromatic nitrogens is 2. The van der Waals surface area contributed by atoms with Crippen LogP contribution in [0.2, 0.25) is 0 Å². The number of anilines is 1. The lowest BCUT2D eigenvalue weighted by molar-refractivity contribution is -0.117. The first-order valence-electron chi connectivity index (χ1n) is 7.23. The highest BCUT2D eigenvalue weighted by Gasteiger charge is 2.36. The predicted octanol–water partition coefficient (Wildman–Crippen LogP) is 1.34. The zero-order valence-electron chi connectivity index (χ0n) is 11.5. The van der Waals surface area contributed by atoms with Gasteiger partial charge in [-0.15, -0.1) is 0 Å². The molecule has 0 aromatic carbocycles. The van der Waals surface area contributed by atoms with Crippen molar-refractivity contribution in [1.82, 2.24) is 9.78 Å². The maximum atomic E-state index is 12.1. The minimum Gasteiger partial charge on any atom is -0.310 e. The lowest BCUT2D eigenvalue weighted by atomic mass is 10.2. The van der Waals surface area contributed by atoms with Crippen molar-refractivity contribution in [2.24, 2.45) is 5.92 Å². The van der Waals surface area contributed by atoms with E-state index in [1.165, 1.54) is 0 Å². The van der Waals surface area contributed by atoms with Crippen LogP contribution in [-0.4, -0.2) is 35.6 Å². The van der Waals surface area contributed by atoms with Crippen LogP contribution in [0.5, 0.6) is 0 Å². The molecule has 4 rings (SSSR count). The Morgan fingerprint density at radius 1 is 1.29 bits per heavy atom. The van der Waals surface area contributed by atoms with Crippen molar-refractivity contribution >= 4 is 33.3 Å². The van der Waals surface area contributed by atoms with E-state index in [0.717, 1.165) is 41.4 Å². The minimum atomic E-state index is -2.96. The van der Waals surface area contributed by atoms with Crippen molar-refractivity contribution in [3.8, 4) is 0 Å². The first-order valence-corrected chi connectivity index (χ1v) is 10.2. The average molecular weight is 327 g/mol. The van der Waals surface area contributed by atoms with E-state index in [1.807, 2.05) is 0 Å². The summed E-state index contributed by atoms with van der Waals surface area (Å²) in [6, 6.07) is -0.139. The van der Waals surface area contributed by atoms with Crippen molar-refractivity contribution in [2.45, 2.75) is 36.8 Å². The Kier molecular flexibility index (Phi) is 3.08. The zero-order chi connectivity index (χ0) is 14.6. The number of amides is 1. The van der Waals surface area contributed by atoms with Gasteiger partial charge in [0.1, 0.15) is 5.82 Å². The van der Waals surface area contributed by atoms with Crippen molar-refractivity contribution in [3.63, 3.8) is 0 Å². The van der Waals surface area contributed by atoms with E-state index < -0.39 is 9.84 Å². The van der Waals surface area contributed by atoms with Crippen LogP contribution >= 0.6 is 11.8 Å². The molecular formula is C13H17N3O3S2. The van der Waals surface area contributed by atoms with Gasteiger partial charge in [-0.3, -0.25) is 4.79 Å². The number of rotatable bonds is 3. The Morgan fingerprint density at radius 2 is 2.10 bits per heavy atom. The summed E-state index contributed by atoms with van der Waals surface area (Å²) in [6.07, 6.45) is 2.49. The molecule has 1 saturated carbocycles. The molecule has 1 aromatic rings. The smallest absolute Gasteiger partial charge is 0.228 e. The third kappa shape index (κ3) is 2.48. The van der Waals surface area contributed by atoms with E-state index in [1.54, 1.807) is 16.4 Å². The maximum absolute atomic E-state index is 12.1. The molecular weight excluding hydrogens is 310 g/mol. The third-order valence-electron chi connectivity index (χ3n) is 4.32. The quantitative estimate of drug-likeness (QED) is 0.906. The molecule has 1 amide bonds. The van der Waals surface area contributed by atoms with Crippen LogP contribution in [0.25, 0.3) is 0 Å². The van der Waals surface area contributed by atoms with Gasteiger partial charge >= 0.3 is 0 Å². The number of nitrogens with one attached hydrogen (secondary N) is 1. The molecule has 1 aliphatic carbocycles. The number of hydrogen-bond acceptors (Lipinski definition) is 5. The van der Waals surface area contributed by atoms with Crippen LogP contribution in [0.3, 0.4) is 0 Å². The Hall–Kier alpha value is -1.02. The predicted molar refractivity (Wildman–Crippen MR) is 80.9 cm³/mol. The molecule has 2 aliphatic heterocycles. The summed E-state index contributed by atoms with van der Waals surface area (Å²) in [4.78, 5) is 12.1. The van der Waals surface area contributed by atoms with Gasteiger partial charge in [0.25, 0.3) is 0 Å². The number of carbonyl (C=O) groups excluding carboxylic acids is 1. The van der Waals surface area contributed by atoms with E-state index >= 15 is 0 Å². The molecule has 0 bridgehead atoms. The number of hydrogen-bond donors (Lipinski definition) is 1. The molecule has 0 radical (unpaired) electrons. The zero-order valence-corrected chi connectivity index (χ0v) is 13.2. The molecule has 2 fully saturated rings. The summed E-state index contributed by atoms with van der Waals surface area (Å²) >= 11 is 1.78. The molecule has 3 aliphatic rings. The van der Waals surface area contributed by atoms with Gasteiger partial charge in [0, 0.05) is 23.0 Å². The normalized spacial score (nSPS) is 26.8. The standard InChI is InChI=1S/C13H17N3O3S2/c17-13(8-1-2-8)14-12-10-5-20-6-11(10)15-16(12)9-3-4-21(18,19)7-9/h8-9H,1-7H2,(H,14,17). The monoisotopic (exact) mass is 327 g/mol. The molecule has 1 unspecified atom stereocenters. The second-order valence-electron chi connectivity index (χ2n) is 6.03. The second-order valence-corrected chi connectivity index (χ2v) is 9.25. The van der Waals surface area contributed by atoms with Crippen LogP contribution in [0, 0.1) is 5.92 Å². The lowest BCUT2D eigenvalue weighted by Crippen LogP contribution is -2.21. The molecule has 1 saturated heterocycles. The van der Waals surface area contributed by atoms with E-state index in [4.69, 9.17) is 0 Å². The number of fused-ring (bicyclic) bond motifs is 1. The molecule has 1 atom stereocenters. The molecule has 1 N–H and O–H groups in total. The number of thioether (sulfide) groups is 1. The molecule has 0 spiro atoms. The largest absolute Gasteiger partial charge is 0.310 e. The van der Waals surface area contributed by atoms with Crippen LogP contribution in [0.1, 0.15) is 36.6 Å².